The summed E-state index contributed by atoms with van der Waals surface area (Å²) in [6.45, 7) is 4.85. The molecule has 1 aliphatic carbocycles. The molecule has 0 spiro atoms. The highest BCUT2D eigenvalue weighted by Crippen LogP contribution is 2.39. The molecule has 0 amide bonds. The van der Waals surface area contributed by atoms with Crippen molar-refractivity contribution in [2.45, 2.75) is 45.4 Å². The molecule has 0 radical (unpaired) electrons. The Morgan fingerprint density at radius 2 is 2.24 bits per heavy atom. The molecule has 1 fully saturated rings. The summed E-state index contributed by atoms with van der Waals surface area (Å²) in [4.78, 5) is 4.39. The van der Waals surface area contributed by atoms with Gasteiger partial charge in [0.05, 0.1) is 0 Å². The van der Waals surface area contributed by atoms with Crippen LogP contribution in [0.5, 0.6) is 0 Å². The summed E-state index contributed by atoms with van der Waals surface area (Å²) in [6.07, 6.45) is 6.13. The van der Waals surface area contributed by atoms with Gasteiger partial charge >= 0.3 is 0 Å². The third-order valence-electron chi connectivity index (χ3n) is 4.37. The molecule has 3 rings (SSSR count). The van der Waals surface area contributed by atoms with E-state index in [1.165, 1.54) is 0 Å². The van der Waals surface area contributed by atoms with Crippen molar-refractivity contribution in [2.75, 3.05) is 0 Å². The standard InChI is InChI=1S/C16H21FN4/c1-16(2)7-6-13(17)14(16)19-11-12-5-3-8-18-15(12)21-10-4-9-20-21/h3-5,8-10,13-14,19H,6-7,11H2,1-2H3. The first kappa shape index (κ1) is 14.2. The summed E-state index contributed by atoms with van der Waals surface area (Å²) in [7, 11) is 0. The Bertz CT molecular complexity index is 594. The Morgan fingerprint density at radius 3 is 2.90 bits per heavy atom. The van der Waals surface area contributed by atoms with Crippen LogP contribution in [0.1, 0.15) is 32.3 Å². The molecule has 2 aromatic rings. The van der Waals surface area contributed by atoms with Crippen LogP contribution in [0.15, 0.2) is 36.8 Å². The van der Waals surface area contributed by atoms with Crippen LogP contribution in [0.4, 0.5) is 4.39 Å². The van der Waals surface area contributed by atoms with E-state index in [-0.39, 0.29) is 11.5 Å². The van der Waals surface area contributed by atoms with Crippen molar-refractivity contribution in [3.05, 3.63) is 42.4 Å². The van der Waals surface area contributed by atoms with Gasteiger partial charge in [-0.3, -0.25) is 0 Å². The van der Waals surface area contributed by atoms with Crippen molar-refractivity contribution in [1.82, 2.24) is 20.1 Å². The second-order valence-electron chi connectivity index (χ2n) is 6.34. The quantitative estimate of drug-likeness (QED) is 0.940. The number of alkyl halides is 1. The smallest absolute Gasteiger partial charge is 0.157 e. The minimum absolute atomic E-state index is 0.00646. The van der Waals surface area contributed by atoms with Crippen LogP contribution in [0, 0.1) is 5.41 Å². The first-order chi connectivity index (χ1) is 10.1. The summed E-state index contributed by atoms with van der Waals surface area (Å²) in [5.74, 6) is 0.793. The molecule has 2 aromatic heterocycles. The molecule has 1 N–H and O–H groups in total. The van der Waals surface area contributed by atoms with E-state index in [1.54, 1.807) is 17.1 Å². The number of rotatable bonds is 4. The van der Waals surface area contributed by atoms with Gasteiger partial charge in [-0.05, 0) is 30.4 Å². The zero-order valence-corrected chi connectivity index (χ0v) is 12.5. The number of nitrogens with zero attached hydrogens (tertiary/aromatic N) is 3. The molecule has 0 bridgehead atoms. The second kappa shape index (κ2) is 5.56. The third kappa shape index (κ3) is 2.83. The maximum absolute atomic E-state index is 14.1. The zero-order chi connectivity index (χ0) is 14.9. The topological polar surface area (TPSA) is 42.7 Å². The predicted octanol–water partition coefficient (Wildman–Crippen LogP) is 2.88. The van der Waals surface area contributed by atoms with Gasteiger partial charge in [-0.25, -0.2) is 14.1 Å². The fourth-order valence-corrected chi connectivity index (χ4v) is 3.11. The van der Waals surface area contributed by atoms with Gasteiger partial charge in [0.1, 0.15) is 6.17 Å². The second-order valence-corrected chi connectivity index (χ2v) is 6.34. The summed E-state index contributed by atoms with van der Waals surface area (Å²) in [5.41, 5.74) is 1.02. The van der Waals surface area contributed by atoms with Crippen molar-refractivity contribution < 1.29 is 4.39 Å². The van der Waals surface area contributed by atoms with Gasteiger partial charge in [0, 0.05) is 36.7 Å². The normalized spacial score (nSPS) is 24.3. The zero-order valence-electron chi connectivity index (χ0n) is 12.5. The van der Waals surface area contributed by atoms with Crippen molar-refractivity contribution >= 4 is 0 Å². The molecule has 1 saturated carbocycles. The minimum atomic E-state index is -0.773. The Labute approximate surface area is 124 Å². The van der Waals surface area contributed by atoms with Gasteiger partial charge in [0.2, 0.25) is 0 Å². The van der Waals surface area contributed by atoms with E-state index in [9.17, 15) is 4.39 Å². The molecule has 2 atom stereocenters. The van der Waals surface area contributed by atoms with E-state index >= 15 is 0 Å². The largest absolute Gasteiger partial charge is 0.306 e. The molecule has 1 aliphatic rings. The third-order valence-corrected chi connectivity index (χ3v) is 4.37. The van der Waals surface area contributed by atoms with E-state index < -0.39 is 6.17 Å². The average Bonchev–Trinajstić information content (AvgIpc) is 3.07. The molecule has 112 valence electrons. The molecule has 2 heterocycles. The van der Waals surface area contributed by atoms with Crippen molar-refractivity contribution in [3.8, 4) is 5.82 Å². The lowest BCUT2D eigenvalue weighted by Gasteiger charge is -2.29. The van der Waals surface area contributed by atoms with Crippen LogP contribution in [0.3, 0.4) is 0 Å². The molecule has 4 nitrogen and oxygen atoms in total. The van der Waals surface area contributed by atoms with Crippen LogP contribution in [-0.2, 0) is 6.54 Å². The monoisotopic (exact) mass is 288 g/mol. The van der Waals surface area contributed by atoms with Gasteiger partial charge < -0.3 is 5.32 Å². The Morgan fingerprint density at radius 1 is 1.38 bits per heavy atom. The van der Waals surface area contributed by atoms with E-state index in [1.807, 2.05) is 24.4 Å². The number of hydrogen-bond donors (Lipinski definition) is 1. The molecule has 2 unspecified atom stereocenters. The molecular weight excluding hydrogens is 267 g/mol. The van der Waals surface area contributed by atoms with Crippen molar-refractivity contribution in [2.24, 2.45) is 5.41 Å². The van der Waals surface area contributed by atoms with E-state index in [2.05, 4.69) is 29.2 Å². The minimum Gasteiger partial charge on any atom is -0.306 e. The van der Waals surface area contributed by atoms with Crippen LogP contribution < -0.4 is 5.32 Å². The van der Waals surface area contributed by atoms with Gasteiger partial charge in [0.15, 0.2) is 5.82 Å². The molecule has 0 saturated heterocycles. The van der Waals surface area contributed by atoms with Gasteiger partial charge in [-0.2, -0.15) is 5.10 Å². The van der Waals surface area contributed by atoms with Crippen LogP contribution >= 0.6 is 0 Å². The Balaban J connectivity index is 1.77. The summed E-state index contributed by atoms with van der Waals surface area (Å²) in [5, 5.41) is 7.61. The Hall–Kier alpha value is -1.75. The highest BCUT2D eigenvalue weighted by molar-refractivity contribution is 5.32. The Kier molecular flexibility index (Phi) is 3.76. The van der Waals surface area contributed by atoms with Crippen LogP contribution in [-0.4, -0.2) is 27.0 Å². The van der Waals surface area contributed by atoms with Crippen molar-refractivity contribution in [3.63, 3.8) is 0 Å². The number of nitrogens with one attached hydrogen (secondary N) is 1. The highest BCUT2D eigenvalue weighted by atomic mass is 19.1. The maximum atomic E-state index is 14.1. The first-order valence-corrected chi connectivity index (χ1v) is 7.39. The molecule has 0 aliphatic heterocycles. The number of halogens is 1. The number of pyridine rings is 1. The average molecular weight is 288 g/mol. The molecule has 21 heavy (non-hydrogen) atoms. The molecular formula is C16H21FN4. The number of hydrogen-bond acceptors (Lipinski definition) is 3. The lowest BCUT2D eigenvalue weighted by Crippen LogP contribution is -2.42. The highest BCUT2D eigenvalue weighted by Gasteiger charge is 2.41. The molecule has 5 heteroatoms. The number of aromatic nitrogens is 3. The predicted molar refractivity (Wildman–Crippen MR) is 79.9 cm³/mol. The summed E-state index contributed by atoms with van der Waals surface area (Å²) in [6, 6.07) is 5.66. The fraction of sp³-hybridized carbons (Fsp3) is 0.500. The summed E-state index contributed by atoms with van der Waals surface area (Å²) < 4.78 is 15.8. The van der Waals surface area contributed by atoms with Gasteiger partial charge in [0.25, 0.3) is 0 Å². The fourth-order valence-electron chi connectivity index (χ4n) is 3.11. The maximum Gasteiger partial charge on any atom is 0.157 e. The van der Waals surface area contributed by atoms with Crippen molar-refractivity contribution in [1.29, 1.82) is 0 Å². The van der Waals surface area contributed by atoms with Gasteiger partial charge in [-0.15, -0.1) is 0 Å². The first-order valence-electron chi connectivity index (χ1n) is 7.39. The van der Waals surface area contributed by atoms with E-state index in [4.69, 9.17) is 0 Å². The van der Waals surface area contributed by atoms with E-state index in [0.717, 1.165) is 17.8 Å². The van der Waals surface area contributed by atoms with Crippen LogP contribution in [0.25, 0.3) is 5.82 Å². The van der Waals surface area contributed by atoms with E-state index in [0.29, 0.717) is 13.0 Å². The lowest BCUT2D eigenvalue weighted by molar-refractivity contribution is 0.204. The lowest BCUT2D eigenvalue weighted by atomic mass is 9.87. The van der Waals surface area contributed by atoms with Crippen LogP contribution in [0.2, 0.25) is 0 Å². The summed E-state index contributed by atoms with van der Waals surface area (Å²) >= 11 is 0. The molecule has 0 aromatic carbocycles. The SMILES string of the molecule is CC1(C)CCC(F)C1NCc1cccnc1-n1cccn1. The van der Waals surface area contributed by atoms with Gasteiger partial charge in [-0.1, -0.05) is 19.9 Å².